The van der Waals surface area contributed by atoms with Crippen LogP contribution in [0.1, 0.15) is 6.92 Å². The van der Waals surface area contributed by atoms with Crippen LogP contribution in [0.4, 0.5) is 13.2 Å². The summed E-state index contributed by atoms with van der Waals surface area (Å²) in [5.74, 6) is -1.43. The average Bonchev–Trinajstić information content (AvgIpc) is 2.15. The number of nitriles is 1. The first kappa shape index (κ1) is 13.6. The van der Waals surface area contributed by atoms with Gasteiger partial charge >= 0.3 is 5.51 Å². The molecule has 94 valence electrons. The second kappa shape index (κ2) is 3.77. The highest BCUT2D eigenvalue weighted by atomic mass is 32.2. The molecule has 1 aliphatic rings. The number of hydrogen-bond acceptors (Lipinski definition) is 4. The van der Waals surface area contributed by atoms with Crippen molar-refractivity contribution in [3.63, 3.8) is 0 Å². The standard InChI is InChI=1S/C9H9F3N2O2S/c1-8(17(15,16)9(10,11)12)4-7(14)3-2-6(8)5-13/h2-4,6H,14H2,1H3. The van der Waals surface area contributed by atoms with Crippen LogP contribution in [0.3, 0.4) is 0 Å². The van der Waals surface area contributed by atoms with Crippen LogP contribution in [-0.4, -0.2) is 18.7 Å². The van der Waals surface area contributed by atoms with Crippen molar-refractivity contribution in [2.75, 3.05) is 0 Å². The minimum absolute atomic E-state index is 0.119. The molecule has 0 saturated heterocycles. The van der Waals surface area contributed by atoms with E-state index in [2.05, 4.69) is 0 Å². The van der Waals surface area contributed by atoms with E-state index < -0.39 is 26.0 Å². The molecule has 4 nitrogen and oxygen atoms in total. The third kappa shape index (κ3) is 1.91. The maximum Gasteiger partial charge on any atom is 0.498 e. The van der Waals surface area contributed by atoms with Gasteiger partial charge in [-0.05, 0) is 19.1 Å². The van der Waals surface area contributed by atoms with Gasteiger partial charge in [0.15, 0.2) is 0 Å². The molecule has 1 aliphatic carbocycles. The first-order valence-corrected chi connectivity index (χ1v) is 5.91. The topological polar surface area (TPSA) is 83.9 Å². The van der Waals surface area contributed by atoms with E-state index in [1.54, 1.807) is 0 Å². The molecule has 2 N–H and O–H groups in total. The van der Waals surface area contributed by atoms with Crippen LogP contribution in [0.2, 0.25) is 0 Å². The molecule has 0 radical (unpaired) electrons. The second-order valence-electron chi connectivity index (χ2n) is 3.74. The van der Waals surface area contributed by atoms with Gasteiger partial charge in [-0.2, -0.15) is 18.4 Å². The Morgan fingerprint density at radius 1 is 1.53 bits per heavy atom. The molecule has 8 heteroatoms. The molecule has 0 aromatic rings. The van der Waals surface area contributed by atoms with Gasteiger partial charge in [0.1, 0.15) is 4.75 Å². The van der Waals surface area contributed by atoms with Crippen molar-refractivity contribution < 1.29 is 21.6 Å². The highest BCUT2D eigenvalue weighted by Gasteiger charge is 2.59. The summed E-state index contributed by atoms with van der Waals surface area (Å²) in [5.41, 5.74) is -0.250. The van der Waals surface area contributed by atoms with Gasteiger partial charge in [-0.1, -0.05) is 6.08 Å². The molecule has 2 atom stereocenters. The lowest BCUT2D eigenvalue weighted by atomic mass is 9.89. The molecule has 0 aromatic carbocycles. The zero-order valence-corrected chi connectivity index (χ0v) is 9.51. The van der Waals surface area contributed by atoms with Gasteiger partial charge in [0.2, 0.25) is 0 Å². The van der Waals surface area contributed by atoms with Crippen molar-refractivity contribution in [3.8, 4) is 6.07 Å². The normalized spacial score (nSPS) is 29.6. The van der Waals surface area contributed by atoms with Crippen molar-refractivity contribution in [2.24, 2.45) is 11.7 Å². The van der Waals surface area contributed by atoms with Crippen LogP contribution < -0.4 is 5.73 Å². The Hall–Kier alpha value is -1.49. The maximum atomic E-state index is 12.5. The van der Waals surface area contributed by atoms with Crippen LogP contribution >= 0.6 is 0 Å². The molecule has 1 rings (SSSR count). The van der Waals surface area contributed by atoms with E-state index in [4.69, 9.17) is 11.0 Å². The van der Waals surface area contributed by atoms with E-state index >= 15 is 0 Å². The largest absolute Gasteiger partial charge is 0.498 e. The van der Waals surface area contributed by atoms with Crippen molar-refractivity contribution in [2.45, 2.75) is 17.2 Å². The summed E-state index contributed by atoms with van der Waals surface area (Å²) in [6.45, 7) is 0.833. The van der Waals surface area contributed by atoms with Gasteiger partial charge in [0.05, 0.1) is 12.0 Å². The zero-order valence-electron chi connectivity index (χ0n) is 8.69. The summed E-state index contributed by atoms with van der Waals surface area (Å²) in [6.07, 6.45) is 3.02. The third-order valence-corrected chi connectivity index (χ3v) is 4.71. The van der Waals surface area contributed by atoms with E-state index in [9.17, 15) is 21.6 Å². The van der Waals surface area contributed by atoms with E-state index in [1.165, 1.54) is 12.1 Å². The summed E-state index contributed by atoms with van der Waals surface area (Å²) in [7, 11) is -5.52. The summed E-state index contributed by atoms with van der Waals surface area (Å²) >= 11 is 0. The van der Waals surface area contributed by atoms with Crippen molar-refractivity contribution >= 4 is 9.84 Å². The summed E-state index contributed by atoms with van der Waals surface area (Å²) in [5, 5.41) is 8.74. The molecule has 0 saturated carbocycles. The van der Waals surface area contributed by atoms with Crippen LogP contribution in [0.5, 0.6) is 0 Å². The van der Waals surface area contributed by atoms with Crippen molar-refractivity contribution in [3.05, 3.63) is 23.9 Å². The number of alkyl halides is 3. The molecule has 0 fully saturated rings. The third-order valence-electron chi connectivity index (χ3n) is 2.57. The first-order chi connectivity index (χ1) is 7.56. The molecular weight excluding hydrogens is 257 g/mol. The smallest absolute Gasteiger partial charge is 0.399 e. The number of nitrogens with zero attached hydrogens (tertiary/aromatic N) is 1. The summed E-state index contributed by atoms with van der Waals surface area (Å²) in [6, 6.07) is 1.53. The Balaban J connectivity index is 3.47. The van der Waals surface area contributed by atoms with E-state index in [-0.39, 0.29) is 5.70 Å². The van der Waals surface area contributed by atoms with Crippen LogP contribution in [0.15, 0.2) is 23.9 Å². The molecule has 0 aliphatic heterocycles. The molecule has 17 heavy (non-hydrogen) atoms. The lowest BCUT2D eigenvalue weighted by Crippen LogP contribution is -2.48. The number of hydrogen-bond donors (Lipinski definition) is 1. The SMILES string of the molecule is CC1(S(=O)(=O)C(F)(F)F)C=C(N)C=CC1C#N. The highest BCUT2D eigenvalue weighted by Crippen LogP contribution is 2.41. The number of nitrogens with two attached hydrogens (primary N) is 1. The fourth-order valence-corrected chi connectivity index (χ4v) is 2.79. The number of halogens is 3. The number of rotatable bonds is 1. The monoisotopic (exact) mass is 266 g/mol. The molecule has 0 heterocycles. The molecule has 2 unspecified atom stereocenters. The fraction of sp³-hybridized carbons (Fsp3) is 0.444. The maximum absolute atomic E-state index is 12.5. The van der Waals surface area contributed by atoms with Gasteiger partial charge in [-0.3, -0.25) is 0 Å². The Bertz CT molecular complexity index is 527. The Morgan fingerprint density at radius 2 is 2.06 bits per heavy atom. The van der Waals surface area contributed by atoms with Crippen LogP contribution in [-0.2, 0) is 9.84 Å². The Kier molecular flexibility index (Phi) is 3.01. The number of allylic oxidation sites excluding steroid dienone is 2. The molecule has 0 amide bonds. The summed E-state index contributed by atoms with van der Waals surface area (Å²) < 4.78 is 58.0. The Morgan fingerprint density at radius 3 is 2.47 bits per heavy atom. The van der Waals surface area contributed by atoms with E-state index in [0.29, 0.717) is 0 Å². The molecule has 0 spiro atoms. The van der Waals surface area contributed by atoms with Crippen LogP contribution in [0, 0.1) is 17.2 Å². The lowest BCUT2D eigenvalue weighted by molar-refractivity contribution is -0.0454. The van der Waals surface area contributed by atoms with Crippen LogP contribution in [0.25, 0.3) is 0 Å². The van der Waals surface area contributed by atoms with Gasteiger partial charge in [-0.25, -0.2) is 8.42 Å². The van der Waals surface area contributed by atoms with Gasteiger partial charge in [-0.15, -0.1) is 0 Å². The van der Waals surface area contributed by atoms with E-state index in [0.717, 1.165) is 19.1 Å². The Labute approximate surface area is 96.1 Å². The minimum atomic E-state index is -5.52. The zero-order chi connectivity index (χ0) is 13.5. The van der Waals surface area contributed by atoms with Crippen molar-refractivity contribution in [1.29, 1.82) is 5.26 Å². The average molecular weight is 266 g/mol. The number of sulfone groups is 1. The van der Waals surface area contributed by atoms with Gasteiger partial charge < -0.3 is 5.73 Å². The highest BCUT2D eigenvalue weighted by molar-refractivity contribution is 7.93. The molecule has 0 aromatic heterocycles. The van der Waals surface area contributed by atoms with E-state index in [1.807, 2.05) is 0 Å². The quantitative estimate of drug-likeness (QED) is 0.773. The lowest BCUT2D eigenvalue weighted by Gasteiger charge is -2.31. The predicted octanol–water partition coefficient (Wildman–Crippen LogP) is 1.23. The van der Waals surface area contributed by atoms with Gasteiger partial charge in [0.25, 0.3) is 9.84 Å². The first-order valence-electron chi connectivity index (χ1n) is 4.43. The second-order valence-corrected chi connectivity index (χ2v) is 6.09. The predicted molar refractivity (Wildman–Crippen MR) is 53.9 cm³/mol. The van der Waals surface area contributed by atoms with Gasteiger partial charge in [0, 0.05) is 5.70 Å². The molecular formula is C9H9F3N2O2S. The fourth-order valence-electron chi connectivity index (χ4n) is 1.53. The molecule has 0 bridgehead atoms. The van der Waals surface area contributed by atoms with Crippen molar-refractivity contribution in [1.82, 2.24) is 0 Å². The minimum Gasteiger partial charge on any atom is -0.399 e. The summed E-state index contributed by atoms with van der Waals surface area (Å²) in [4.78, 5) is 0.